The molecule has 2 heterocycles. The Morgan fingerprint density at radius 3 is 2.61 bits per heavy atom. The normalized spacial score (nSPS) is 17.4. The van der Waals surface area contributed by atoms with Crippen LogP contribution in [0, 0.1) is 0 Å². The molecule has 1 saturated heterocycles. The quantitative estimate of drug-likeness (QED) is 0.239. The molecular weight excluding hydrogens is 476 g/mol. The zero-order chi connectivity index (χ0) is 26.0. The minimum absolute atomic E-state index is 0.101. The standard InChI is InChI=1S/C32H36N2O4/c1-35-31-10-5-3-8-26(31)22-36-19-6-20-37-28-15-12-24(13-16-28)29-17-18-33-21-32(29)38-23-27-14-11-25-7-2-4-9-30(25)34-27/h2-5,7-16,29,32-33H,6,17-23H2,1H3/t29-,32+/m1/s1. The van der Waals surface area contributed by atoms with Crippen LogP contribution in [-0.4, -0.2) is 44.5 Å². The fraction of sp³-hybridized carbons (Fsp3) is 0.344. The van der Waals surface area contributed by atoms with E-state index in [0.29, 0.717) is 32.3 Å². The van der Waals surface area contributed by atoms with Crippen molar-refractivity contribution in [2.24, 2.45) is 0 Å². The van der Waals surface area contributed by atoms with E-state index < -0.39 is 0 Å². The van der Waals surface area contributed by atoms with E-state index in [1.165, 1.54) is 5.56 Å². The summed E-state index contributed by atoms with van der Waals surface area (Å²) in [6.45, 7) is 4.12. The van der Waals surface area contributed by atoms with Gasteiger partial charge in [0.1, 0.15) is 11.5 Å². The predicted octanol–water partition coefficient (Wildman–Crippen LogP) is 5.89. The molecule has 2 atom stereocenters. The van der Waals surface area contributed by atoms with Gasteiger partial charge >= 0.3 is 0 Å². The highest BCUT2D eigenvalue weighted by Crippen LogP contribution is 2.30. The van der Waals surface area contributed by atoms with Crippen molar-refractivity contribution in [3.05, 3.63) is 102 Å². The van der Waals surface area contributed by atoms with Crippen LogP contribution in [0.1, 0.15) is 35.6 Å². The van der Waals surface area contributed by atoms with Gasteiger partial charge in [0.15, 0.2) is 0 Å². The summed E-state index contributed by atoms with van der Waals surface area (Å²) in [7, 11) is 1.68. The molecular formula is C32H36N2O4. The Hall–Kier alpha value is -3.45. The highest BCUT2D eigenvalue weighted by molar-refractivity contribution is 5.78. The lowest BCUT2D eigenvalue weighted by molar-refractivity contribution is 0.00918. The number of benzene rings is 3. The van der Waals surface area contributed by atoms with Gasteiger partial charge in [0.05, 0.1) is 50.9 Å². The van der Waals surface area contributed by atoms with E-state index in [9.17, 15) is 0 Å². The third kappa shape index (κ3) is 6.90. The summed E-state index contributed by atoms with van der Waals surface area (Å²) >= 11 is 0. The fourth-order valence-electron chi connectivity index (χ4n) is 4.93. The van der Waals surface area contributed by atoms with Crippen LogP contribution in [0.2, 0.25) is 0 Å². The Morgan fingerprint density at radius 1 is 0.868 bits per heavy atom. The first-order valence-corrected chi connectivity index (χ1v) is 13.4. The maximum absolute atomic E-state index is 6.39. The number of hydrogen-bond acceptors (Lipinski definition) is 6. The van der Waals surface area contributed by atoms with Crippen LogP contribution in [0.15, 0.2) is 84.9 Å². The maximum atomic E-state index is 6.39. The first-order valence-electron chi connectivity index (χ1n) is 13.4. The summed E-state index contributed by atoms with van der Waals surface area (Å²) < 4.78 is 23.5. The van der Waals surface area contributed by atoms with Gasteiger partial charge in [-0.15, -0.1) is 0 Å². The van der Waals surface area contributed by atoms with E-state index in [2.05, 4.69) is 47.8 Å². The summed E-state index contributed by atoms with van der Waals surface area (Å²) in [5.74, 6) is 2.08. The lowest BCUT2D eigenvalue weighted by Gasteiger charge is -2.32. The number of nitrogens with zero attached hydrogens (tertiary/aromatic N) is 1. The number of aromatic nitrogens is 1. The second-order valence-corrected chi connectivity index (χ2v) is 9.58. The van der Waals surface area contributed by atoms with E-state index in [1.807, 2.05) is 42.5 Å². The summed E-state index contributed by atoms with van der Waals surface area (Å²) in [5, 5.41) is 4.63. The number of para-hydroxylation sites is 2. The Morgan fingerprint density at radius 2 is 1.71 bits per heavy atom. The molecule has 1 aliphatic rings. The maximum Gasteiger partial charge on any atom is 0.124 e. The minimum atomic E-state index is 0.101. The molecule has 1 aliphatic heterocycles. The van der Waals surface area contributed by atoms with E-state index in [1.54, 1.807) is 7.11 Å². The molecule has 5 rings (SSSR count). The highest BCUT2D eigenvalue weighted by Gasteiger charge is 2.27. The van der Waals surface area contributed by atoms with Crippen molar-refractivity contribution in [3.63, 3.8) is 0 Å². The van der Waals surface area contributed by atoms with Crippen molar-refractivity contribution >= 4 is 10.9 Å². The SMILES string of the molecule is COc1ccccc1COCCCOc1ccc([C@H]2CCNC[C@@H]2OCc2ccc3ccccc3n2)cc1. The first kappa shape index (κ1) is 26.2. The molecule has 1 aromatic heterocycles. The topological polar surface area (TPSA) is 61.8 Å². The van der Waals surface area contributed by atoms with Gasteiger partial charge in [-0.2, -0.15) is 0 Å². The molecule has 0 bridgehead atoms. The number of nitrogens with one attached hydrogen (secondary N) is 1. The summed E-state index contributed by atoms with van der Waals surface area (Å²) in [5.41, 5.74) is 4.31. The Balaban J connectivity index is 1.08. The number of piperidine rings is 1. The third-order valence-corrected chi connectivity index (χ3v) is 6.99. The lowest BCUT2D eigenvalue weighted by Crippen LogP contribution is -2.41. The number of ether oxygens (including phenoxy) is 4. The zero-order valence-corrected chi connectivity index (χ0v) is 22.0. The second-order valence-electron chi connectivity index (χ2n) is 9.58. The van der Waals surface area contributed by atoms with Gasteiger partial charge < -0.3 is 24.3 Å². The largest absolute Gasteiger partial charge is 0.496 e. The van der Waals surface area contributed by atoms with Crippen LogP contribution in [0.3, 0.4) is 0 Å². The Bertz CT molecular complexity index is 1290. The number of rotatable bonds is 12. The molecule has 1 fully saturated rings. The van der Waals surface area contributed by atoms with Crippen LogP contribution in [-0.2, 0) is 22.7 Å². The molecule has 38 heavy (non-hydrogen) atoms. The second kappa shape index (κ2) is 13.4. The van der Waals surface area contributed by atoms with Crippen molar-refractivity contribution in [1.29, 1.82) is 0 Å². The fourth-order valence-corrected chi connectivity index (χ4v) is 4.93. The van der Waals surface area contributed by atoms with Gasteiger partial charge in [-0.25, -0.2) is 0 Å². The molecule has 0 saturated carbocycles. The molecule has 0 radical (unpaired) electrons. The molecule has 1 N–H and O–H groups in total. The van der Waals surface area contributed by atoms with Gasteiger partial charge in [0, 0.05) is 29.8 Å². The minimum Gasteiger partial charge on any atom is -0.496 e. The summed E-state index contributed by atoms with van der Waals surface area (Å²) in [4.78, 5) is 4.76. The third-order valence-electron chi connectivity index (χ3n) is 6.99. The first-order chi connectivity index (χ1) is 18.8. The van der Waals surface area contributed by atoms with Crippen LogP contribution in [0.4, 0.5) is 0 Å². The molecule has 3 aromatic carbocycles. The van der Waals surface area contributed by atoms with Gasteiger partial charge in [0.25, 0.3) is 0 Å². The molecule has 0 aliphatic carbocycles. The average molecular weight is 513 g/mol. The van der Waals surface area contributed by atoms with E-state index in [0.717, 1.165) is 59.6 Å². The number of hydrogen-bond donors (Lipinski definition) is 1. The van der Waals surface area contributed by atoms with E-state index in [4.69, 9.17) is 23.9 Å². The molecule has 4 aromatic rings. The van der Waals surface area contributed by atoms with Crippen LogP contribution >= 0.6 is 0 Å². The number of fused-ring (bicyclic) bond motifs is 1. The monoisotopic (exact) mass is 512 g/mol. The molecule has 6 heteroatoms. The predicted molar refractivity (Wildman–Crippen MR) is 150 cm³/mol. The Labute approximate surface area is 224 Å². The molecule has 0 unspecified atom stereocenters. The van der Waals surface area contributed by atoms with Crippen molar-refractivity contribution < 1.29 is 18.9 Å². The number of methoxy groups -OCH3 is 1. The van der Waals surface area contributed by atoms with Crippen molar-refractivity contribution in [2.75, 3.05) is 33.4 Å². The average Bonchev–Trinajstić information content (AvgIpc) is 2.98. The smallest absolute Gasteiger partial charge is 0.124 e. The van der Waals surface area contributed by atoms with Gasteiger partial charge in [-0.1, -0.05) is 54.6 Å². The molecule has 6 nitrogen and oxygen atoms in total. The van der Waals surface area contributed by atoms with E-state index >= 15 is 0 Å². The van der Waals surface area contributed by atoms with Crippen molar-refractivity contribution in [1.82, 2.24) is 10.3 Å². The number of pyridine rings is 1. The van der Waals surface area contributed by atoms with Gasteiger partial charge in [-0.05, 0) is 48.9 Å². The lowest BCUT2D eigenvalue weighted by atomic mass is 9.87. The van der Waals surface area contributed by atoms with Gasteiger partial charge in [0.2, 0.25) is 0 Å². The molecule has 198 valence electrons. The van der Waals surface area contributed by atoms with Crippen molar-refractivity contribution in [2.45, 2.75) is 38.1 Å². The molecule has 0 spiro atoms. The molecule has 0 amide bonds. The Kier molecular flexibility index (Phi) is 9.21. The van der Waals surface area contributed by atoms with Crippen LogP contribution < -0.4 is 14.8 Å². The summed E-state index contributed by atoms with van der Waals surface area (Å²) in [6, 6.07) is 28.8. The van der Waals surface area contributed by atoms with Crippen molar-refractivity contribution in [3.8, 4) is 11.5 Å². The van der Waals surface area contributed by atoms with Crippen LogP contribution in [0.5, 0.6) is 11.5 Å². The highest BCUT2D eigenvalue weighted by atomic mass is 16.5. The van der Waals surface area contributed by atoms with Gasteiger partial charge in [-0.3, -0.25) is 4.98 Å². The summed E-state index contributed by atoms with van der Waals surface area (Å²) in [6.07, 6.45) is 1.97. The zero-order valence-electron chi connectivity index (χ0n) is 22.0. The van der Waals surface area contributed by atoms with Crippen LogP contribution in [0.25, 0.3) is 10.9 Å². The van der Waals surface area contributed by atoms with E-state index in [-0.39, 0.29) is 6.10 Å².